The summed E-state index contributed by atoms with van der Waals surface area (Å²) in [4.78, 5) is 28.5. The van der Waals surface area contributed by atoms with Crippen LogP contribution in [0.3, 0.4) is 0 Å². The van der Waals surface area contributed by atoms with Crippen LogP contribution in [0.1, 0.15) is 5.56 Å². The van der Waals surface area contributed by atoms with E-state index in [4.69, 9.17) is 0 Å². The van der Waals surface area contributed by atoms with Gasteiger partial charge in [-0.25, -0.2) is 10.2 Å². The number of hydrogen-bond donors (Lipinski definition) is 2. The molecule has 3 aromatic rings. The first-order valence-electron chi connectivity index (χ1n) is 7.10. The average Bonchev–Trinajstić information content (AvgIpc) is 2.88. The summed E-state index contributed by atoms with van der Waals surface area (Å²) in [7, 11) is 4.63. The summed E-state index contributed by atoms with van der Waals surface area (Å²) in [5.41, 5.74) is 3.15. The molecule has 0 spiro atoms. The quantitative estimate of drug-likeness (QED) is 0.525. The lowest BCUT2D eigenvalue weighted by molar-refractivity contribution is 0.475. The van der Waals surface area contributed by atoms with Crippen LogP contribution >= 0.6 is 0 Å². The van der Waals surface area contributed by atoms with Gasteiger partial charge in [-0.2, -0.15) is 10.1 Å². The minimum Gasteiger partial charge on any atom is -0.508 e. The fraction of sp³-hybridized carbons (Fsp3) is 0.200. The number of benzene rings is 1. The zero-order chi connectivity index (χ0) is 17.4. The second-order valence-electron chi connectivity index (χ2n) is 5.34. The molecule has 0 amide bonds. The second kappa shape index (κ2) is 5.69. The van der Waals surface area contributed by atoms with E-state index in [0.717, 1.165) is 4.57 Å². The number of nitrogens with zero attached hydrogens (tertiary/aromatic N) is 5. The molecular formula is C15H16N6O3. The zero-order valence-electron chi connectivity index (χ0n) is 13.4. The molecule has 1 aromatic carbocycles. The Balaban J connectivity index is 2.01. The van der Waals surface area contributed by atoms with Crippen molar-refractivity contribution in [1.29, 1.82) is 0 Å². The molecule has 9 heteroatoms. The van der Waals surface area contributed by atoms with E-state index in [-0.39, 0.29) is 11.4 Å². The van der Waals surface area contributed by atoms with Crippen molar-refractivity contribution in [1.82, 2.24) is 18.7 Å². The summed E-state index contributed by atoms with van der Waals surface area (Å²) in [6, 6.07) is 6.59. The van der Waals surface area contributed by atoms with Crippen LogP contribution < -0.4 is 16.7 Å². The Hall–Kier alpha value is -3.36. The molecule has 0 bridgehead atoms. The van der Waals surface area contributed by atoms with Gasteiger partial charge in [0.2, 0.25) is 5.95 Å². The number of anilines is 1. The molecule has 0 aliphatic heterocycles. The van der Waals surface area contributed by atoms with Gasteiger partial charge in [0.25, 0.3) is 5.56 Å². The number of aromatic hydroxyl groups is 1. The van der Waals surface area contributed by atoms with Gasteiger partial charge < -0.3 is 9.67 Å². The van der Waals surface area contributed by atoms with Crippen LogP contribution in [0.25, 0.3) is 11.2 Å². The summed E-state index contributed by atoms with van der Waals surface area (Å²) < 4.78 is 3.88. The van der Waals surface area contributed by atoms with Gasteiger partial charge in [0.15, 0.2) is 11.2 Å². The molecule has 0 fully saturated rings. The van der Waals surface area contributed by atoms with E-state index < -0.39 is 11.2 Å². The van der Waals surface area contributed by atoms with Gasteiger partial charge >= 0.3 is 5.69 Å². The molecule has 2 heterocycles. The molecule has 3 rings (SSSR count). The Morgan fingerprint density at radius 2 is 1.92 bits per heavy atom. The first kappa shape index (κ1) is 15.5. The number of hydrogen-bond acceptors (Lipinski definition) is 6. The molecule has 124 valence electrons. The van der Waals surface area contributed by atoms with Crippen molar-refractivity contribution in [3.05, 3.63) is 50.7 Å². The lowest BCUT2D eigenvalue weighted by atomic mass is 10.2. The summed E-state index contributed by atoms with van der Waals surface area (Å²) in [6.45, 7) is 0. The summed E-state index contributed by atoms with van der Waals surface area (Å²) >= 11 is 0. The third kappa shape index (κ3) is 2.45. The Morgan fingerprint density at radius 3 is 2.62 bits per heavy atom. The number of hydrazone groups is 1. The number of aryl methyl sites for hydroxylation is 2. The zero-order valence-corrected chi connectivity index (χ0v) is 13.4. The third-order valence-electron chi connectivity index (χ3n) is 3.72. The van der Waals surface area contributed by atoms with E-state index in [1.165, 1.54) is 22.4 Å². The summed E-state index contributed by atoms with van der Waals surface area (Å²) in [6.07, 6.45) is 1.51. The molecule has 0 aliphatic carbocycles. The molecular weight excluding hydrogens is 312 g/mol. The molecule has 9 nitrogen and oxygen atoms in total. The Bertz CT molecular complexity index is 1070. The number of imidazole rings is 1. The van der Waals surface area contributed by atoms with Crippen LogP contribution in [0.15, 0.2) is 39.0 Å². The lowest BCUT2D eigenvalue weighted by Crippen LogP contribution is -2.37. The van der Waals surface area contributed by atoms with Gasteiger partial charge in [-0.1, -0.05) is 12.1 Å². The number of phenolic OH excluding ortho intramolecular Hbond substituents is 1. The second-order valence-corrected chi connectivity index (χ2v) is 5.34. The van der Waals surface area contributed by atoms with Crippen molar-refractivity contribution in [3.63, 3.8) is 0 Å². The van der Waals surface area contributed by atoms with Crippen molar-refractivity contribution in [2.75, 3.05) is 5.43 Å². The van der Waals surface area contributed by atoms with Crippen molar-refractivity contribution in [3.8, 4) is 5.75 Å². The molecule has 0 atom stereocenters. The van der Waals surface area contributed by atoms with Crippen LogP contribution in [-0.4, -0.2) is 30.0 Å². The predicted octanol–water partition coefficient (Wildman–Crippen LogP) is 0.122. The highest BCUT2D eigenvalue weighted by Gasteiger charge is 2.16. The van der Waals surface area contributed by atoms with E-state index in [0.29, 0.717) is 17.0 Å². The molecule has 24 heavy (non-hydrogen) atoms. The van der Waals surface area contributed by atoms with Crippen molar-refractivity contribution in [2.24, 2.45) is 26.2 Å². The summed E-state index contributed by atoms with van der Waals surface area (Å²) in [5.74, 6) is 0.458. The van der Waals surface area contributed by atoms with E-state index in [1.807, 2.05) is 0 Å². The Kier molecular flexibility index (Phi) is 3.68. The van der Waals surface area contributed by atoms with Gasteiger partial charge in [0.05, 0.1) is 6.21 Å². The molecule has 0 aliphatic rings. The lowest BCUT2D eigenvalue weighted by Gasteiger charge is -2.03. The van der Waals surface area contributed by atoms with Crippen molar-refractivity contribution in [2.45, 2.75) is 0 Å². The van der Waals surface area contributed by atoms with Crippen LogP contribution in [-0.2, 0) is 21.1 Å². The molecule has 0 radical (unpaired) electrons. The molecule has 0 unspecified atom stereocenters. The van der Waals surface area contributed by atoms with E-state index >= 15 is 0 Å². The molecule has 0 saturated carbocycles. The number of phenols is 1. The molecule has 2 aromatic heterocycles. The first-order valence-corrected chi connectivity index (χ1v) is 7.10. The number of rotatable bonds is 3. The highest BCUT2D eigenvalue weighted by molar-refractivity contribution is 5.81. The molecule has 2 N–H and O–H groups in total. The van der Waals surface area contributed by atoms with Gasteiger partial charge in [-0.3, -0.25) is 13.9 Å². The largest absolute Gasteiger partial charge is 0.508 e. The van der Waals surface area contributed by atoms with Gasteiger partial charge in [0, 0.05) is 21.1 Å². The van der Waals surface area contributed by atoms with Crippen LogP contribution in [0.4, 0.5) is 5.95 Å². The van der Waals surface area contributed by atoms with Gasteiger partial charge in [-0.05, 0) is 17.7 Å². The smallest absolute Gasteiger partial charge is 0.332 e. The van der Waals surface area contributed by atoms with Crippen LogP contribution in [0.2, 0.25) is 0 Å². The number of nitrogens with one attached hydrogen (secondary N) is 1. The summed E-state index contributed by atoms with van der Waals surface area (Å²) in [5, 5.41) is 13.5. The fourth-order valence-electron chi connectivity index (χ4n) is 2.39. The van der Waals surface area contributed by atoms with Crippen molar-refractivity contribution >= 4 is 23.3 Å². The maximum atomic E-state index is 12.3. The van der Waals surface area contributed by atoms with Crippen LogP contribution in [0.5, 0.6) is 5.75 Å². The maximum absolute atomic E-state index is 12.3. The van der Waals surface area contributed by atoms with Gasteiger partial charge in [0.1, 0.15) is 5.75 Å². The minimum atomic E-state index is -0.444. The first-order chi connectivity index (χ1) is 11.4. The van der Waals surface area contributed by atoms with Crippen molar-refractivity contribution < 1.29 is 5.11 Å². The highest BCUT2D eigenvalue weighted by Crippen LogP contribution is 2.13. The number of fused-ring (bicyclic) bond motifs is 1. The Labute approximate surface area is 136 Å². The SMILES string of the molecule is Cn1c(=O)c2c(nc(N/N=C/c3cccc(O)c3)n2C)n(C)c1=O. The standard InChI is InChI=1S/C15H16N6O3/c1-19-11-12(20(2)15(24)21(3)13(11)23)17-14(19)18-16-8-9-5-4-6-10(22)7-9/h4-8,22H,1-3H3,(H,17,18)/b16-8+. The van der Waals surface area contributed by atoms with Crippen LogP contribution in [0, 0.1) is 0 Å². The number of aromatic nitrogens is 4. The normalized spacial score (nSPS) is 11.5. The monoisotopic (exact) mass is 328 g/mol. The minimum absolute atomic E-state index is 0.139. The fourth-order valence-corrected chi connectivity index (χ4v) is 2.39. The van der Waals surface area contributed by atoms with Gasteiger partial charge in [-0.15, -0.1) is 0 Å². The Morgan fingerprint density at radius 1 is 1.17 bits per heavy atom. The predicted molar refractivity (Wildman–Crippen MR) is 90.5 cm³/mol. The highest BCUT2D eigenvalue weighted by atomic mass is 16.3. The topological polar surface area (TPSA) is 106 Å². The average molecular weight is 328 g/mol. The van der Waals surface area contributed by atoms with E-state index in [2.05, 4.69) is 15.5 Å². The van der Waals surface area contributed by atoms with E-state index in [1.54, 1.807) is 38.4 Å². The van der Waals surface area contributed by atoms with E-state index in [9.17, 15) is 14.7 Å². The maximum Gasteiger partial charge on any atom is 0.332 e. The third-order valence-corrected chi connectivity index (χ3v) is 3.72. The molecule has 0 saturated heterocycles.